The molecule has 0 amide bonds. The molecule has 1 fully saturated rings. The number of rotatable bonds is 6. The van der Waals surface area contributed by atoms with E-state index in [4.69, 9.17) is 4.74 Å². The number of ether oxygens (including phenoxy) is 1. The monoisotopic (exact) mass is 440 g/mol. The standard InChI is InChI=1S/C20H20N6O4S/c1-25-19(14-5-3-2-4-6-14)23-24-20(25)16(12-21)18(27)17-11-15(13-22-17)31(28,29)26-7-9-30-10-8-26/h2-6,11,13,16,22H,7-10H2,1H3. The lowest BCUT2D eigenvalue weighted by atomic mass is 10.0. The van der Waals surface area contributed by atoms with E-state index in [0.717, 1.165) is 5.56 Å². The molecule has 4 rings (SSSR count). The smallest absolute Gasteiger partial charge is 0.244 e. The molecule has 1 aliphatic heterocycles. The highest BCUT2D eigenvalue weighted by atomic mass is 32.2. The van der Waals surface area contributed by atoms with Gasteiger partial charge in [0.1, 0.15) is 4.90 Å². The van der Waals surface area contributed by atoms with Crippen LogP contribution in [0.15, 0.2) is 47.5 Å². The van der Waals surface area contributed by atoms with Gasteiger partial charge in [0, 0.05) is 31.9 Å². The number of nitrogens with zero attached hydrogens (tertiary/aromatic N) is 5. The molecule has 31 heavy (non-hydrogen) atoms. The van der Waals surface area contributed by atoms with Crippen LogP contribution in [-0.2, 0) is 21.8 Å². The molecule has 2 aromatic heterocycles. The lowest BCUT2D eigenvalue weighted by molar-refractivity contribution is 0.0730. The number of nitriles is 1. The second-order valence-electron chi connectivity index (χ2n) is 7.00. The summed E-state index contributed by atoms with van der Waals surface area (Å²) in [5.74, 6) is -1.13. The molecular formula is C20H20N6O4S. The SMILES string of the molecule is Cn1c(-c2ccccc2)nnc1C(C#N)C(=O)c1cc(S(=O)(=O)N2CCOCC2)c[nH]1. The number of carbonyl (C=O) groups excluding carboxylic acids is 1. The van der Waals surface area contributed by atoms with Gasteiger partial charge in [-0.1, -0.05) is 30.3 Å². The molecule has 1 aliphatic rings. The van der Waals surface area contributed by atoms with E-state index in [0.29, 0.717) is 19.0 Å². The number of aromatic nitrogens is 4. The maximum absolute atomic E-state index is 13.0. The number of morpholine rings is 1. The van der Waals surface area contributed by atoms with Crippen LogP contribution in [0.1, 0.15) is 22.2 Å². The summed E-state index contributed by atoms with van der Waals surface area (Å²) in [6, 6.07) is 12.5. The second kappa shape index (κ2) is 8.43. The molecule has 10 nitrogen and oxygen atoms in total. The van der Waals surface area contributed by atoms with E-state index in [1.807, 2.05) is 36.4 Å². The van der Waals surface area contributed by atoms with Crippen molar-refractivity contribution in [3.8, 4) is 17.5 Å². The summed E-state index contributed by atoms with van der Waals surface area (Å²) in [5.41, 5.74) is 0.814. The number of sulfonamides is 1. The fourth-order valence-corrected chi connectivity index (χ4v) is 4.82. The summed E-state index contributed by atoms with van der Waals surface area (Å²) in [6.45, 7) is 1.14. The molecule has 3 aromatic rings. The molecule has 1 saturated heterocycles. The Morgan fingerprint density at radius 1 is 1.23 bits per heavy atom. The normalized spacial score (nSPS) is 16.0. The second-order valence-corrected chi connectivity index (χ2v) is 8.94. The molecule has 0 spiro atoms. The fourth-order valence-electron chi connectivity index (χ4n) is 3.42. The Kier molecular flexibility index (Phi) is 5.69. The van der Waals surface area contributed by atoms with E-state index < -0.39 is 21.7 Å². The molecule has 3 heterocycles. The van der Waals surface area contributed by atoms with E-state index in [2.05, 4.69) is 15.2 Å². The van der Waals surface area contributed by atoms with Gasteiger partial charge in [-0.3, -0.25) is 4.79 Å². The summed E-state index contributed by atoms with van der Waals surface area (Å²) in [7, 11) is -2.08. The van der Waals surface area contributed by atoms with Gasteiger partial charge < -0.3 is 14.3 Å². The Balaban J connectivity index is 1.61. The number of hydrogen-bond donors (Lipinski definition) is 1. The maximum Gasteiger partial charge on any atom is 0.244 e. The Morgan fingerprint density at radius 3 is 2.61 bits per heavy atom. The maximum atomic E-state index is 13.0. The Labute approximate surface area is 179 Å². The molecule has 1 unspecified atom stereocenters. The van der Waals surface area contributed by atoms with Crippen LogP contribution < -0.4 is 0 Å². The number of hydrogen-bond acceptors (Lipinski definition) is 7. The van der Waals surface area contributed by atoms with E-state index in [-0.39, 0.29) is 29.5 Å². The van der Waals surface area contributed by atoms with E-state index in [1.165, 1.54) is 16.6 Å². The Hall–Kier alpha value is -3.33. The molecular weight excluding hydrogens is 420 g/mol. The highest BCUT2D eigenvalue weighted by Gasteiger charge is 2.32. The number of H-pyrrole nitrogens is 1. The predicted molar refractivity (Wildman–Crippen MR) is 109 cm³/mol. The van der Waals surface area contributed by atoms with Crippen molar-refractivity contribution in [1.82, 2.24) is 24.1 Å². The molecule has 0 saturated carbocycles. The highest BCUT2D eigenvalue weighted by molar-refractivity contribution is 7.89. The van der Waals surface area contributed by atoms with Gasteiger partial charge in [-0.15, -0.1) is 10.2 Å². The van der Waals surface area contributed by atoms with Crippen LogP contribution in [-0.4, -0.2) is 64.6 Å². The van der Waals surface area contributed by atoms with Gasteiger partial charge in [0.05, 0.1) is 25.0 Å². The number of ketones is 1. The van der Waals surface area contributed by atoms with Crippen LogP contribution in [0.3, 0.4) is 0 Å². The first-order valence-corrected chi connectivity index (χ1v) is 11.0. The van der Waals surface area contributed by atoms with Gasteiger partial charge in [-0.25, -0.2) is 8.42 Å². The van der Waals surface area contributed by atoms with Crippen LogP contribution in [0.25, 0.3) is 11.4 Å². The lowest BCUT2D eigenvalue weighted by Gasteiger charge is -2.25. The van der Waals surface area contributed by atoms with Crippen molar-refractivity contribution in [3.63, 3.8) is 0 Å². The third-order valence-corrected chi connectivity index (χ3v) is 7.00. The molecule has 0 bridgehead atoms. The minimum absolute atomic E-state index is 0.0163. The van der Waals surface area contributed by atoms with Gasteiger partial charge in [0.15, 0.2) is 17.6 Å². The first-order valence-electron chi connectivity index (χ1n) is 9.58. The van der Waals surface area contributed by atoms with Crippen molar-refractivity contribution < 1.29 is 17.9 Å². The van der Waals surface area contributed by atoms with Crippen LogP contribution >= 0.6 is 0 Å². The van der Waals surface area contributed by atoms with Crippen LogP contribution in [0.2, 0.25) is 0 Å². The minimum atomic E-state index is -3.76. The molecule has 1 atom stereocenters. The third-order valence-electron chi connectivity index (χ3n) is 5.12. The van der Waals surface area contributed by atoms with Gasteiger partial charge in [-0.05, 0) is 6.07 Å². The number of nitrogens with one attached hydrogen (secondary N) is 1. The van der Waals surface area contributed by atoms with Gasteiger partial charge in [-0.2, -0.15) is 9.57 Å². The Morgan fingerprint density at radius 2 is 1.94 bits per heavy atom. The summed E-state index contributed by atoms with van der Waals surface area (Å²) in [6.07, 6.45) is 1.26. The molecule has 0 radical (unpaired) electrons. The largest absolute Gasteiger partial charge is 0.379 e. The lowest BCUT2D eigenvalue weighted by Crippen LogP contribution is -2.40. The van der Waals surface area contributed by atoms with Crippen molar-refractivity contribution in [1.29, 1.82) is 5.26 Å². The number of aromatic amines is 1. The molecule has 160 valence electrons. The zero-order valence-electron chi connectivity index (χ0n) is 16.7. The van der Waals surface area contributed by atoms with Gasteiger partial charge in [0.2, 0.25) is 15.8 Å². The third kappa shape index (κ3) is 3.88. The van der Waals surface area contributed by atoms with Crippen molar-refractivity contribution in [2.75, 3.05) is 26.3 Å². The number of carbonyl (C=O) groups is 1. The molecule has 1 N–H and O–H groups in total. The zero-order valence-corrected chi connectivity index (χ0v) is 17.5. The van der Waals surface area contributed by atoms with Crippen molar-refractivity contribution in [2.45, 2.75) is 10.8 Å². The van der Waals surface area contributed by atoms with Crippen LogP contribution in [0.5, 0.6) is 0 Å². The van der Waals surface area contributed by atoms with Crippen molar-refractivity contribution in [3.05, 3.63) is 54.1 Å². The molecule has 0 aliphatic carbocycles. The summed E-state index contributed by atoms with van der Waals surface area (Å²) in [5, 5.41) is 17.9. The summed E-state index contributed by atoms with van der Waals surface area (Å²) in [4.78, 5) is 15.7. The average Bonchev–Trinajstić information content (AvgIpc) is 3.44. The highest BCUT2D eigenvalue weighted by Crippen LogP contribution is 2.25. The zero-order chi connectivity index (χ0) is 22.0. The first kappa shape index (κ1) is 20.9. The first-order chi connectivity index (χ1) is 14.9. The van der Waals surface area contributed by atoms with Gasteiger partial charge >= 0.3 is 0 Å². The van der Waals surface area contributed by atoms with Crippen LogP contribution in [0, 0.1) is 11.3 Å². The van der Waals surface area contributed by atoms with E-state index in [1.54, 1.807) is 11.6 Å². The minimum Gasteiger partial charge on any atom is -0.379 e. The van der Waals surface area contributed by atoms with Crippen LogP contribution in [0.4, 0.5) is 0 Å². The summed E-state index contributed by atoms with van der Waals surface area (Å²) >= 11 is 0. The molecule has 11 heteroatoms. The quantitative estimate of drug-likeness (QED) is 0.571. The fraction of sp³-hybridized carbons (Fsp3) is 0.300. The van der Waals surface area contributed by atoms with Crippen molar-refractivity contribution >= 4 is 15.8 Å². The average molecular weight is 440 g/mol. The Bertz CT molecular complexity index is 1240. The van der Waals surface area contributed by atoms with Crippen molar-refractivity contribution in [2.24, 2.45) is 7.05 Å². The van der Waals surface area contributed by atoms with E-state index in [9.17, 15) is 18.5 Å². The molecule has 1 aromatic carbocycles. The number of Topliss-reactive ketones (excluding diaryl/α,β-unsaturated/α-hetero) is 1. The van der Waals surface area contributed by atoms with E-state index >= 15 is 0 Å². The van der Waals surface area contributed by atoms with Gasteiger partial charge in [0.25, 0.3) is 0 Å². The topological polar surface area (TPSA) is 134 Å². The number of benzene rings is 1. The summed E-state index contributed by atoms with van der Waals surface area (Å²) < 4.78 is 33.7. The predicted octanol–water partition coefficient (Wildman–Crippen LogP) is 1.32.